The molecule has 1 aromatic rings. The molecule has 90 valence electrons. The van der Waals surface area contributed by atoms with E-state index < -0.39 is 6.10 Å². The van der Waals surface area contributed by atoms with Crippen molar-refractivity contribution >= 4 is 0 Å². The first-order chi connectivity index (χ1) is 7.54. The zero-order chi connectivity index (χ0) is 12.1. The summed E-state index contributed by atoms with van der Waals surface area (Å²) in [6.45, 7) is 6.16. The third-order valence-corrected chi connectivity index (χ3v) is 2.49. The van der Waals surface area contributed by atoms with Gasteiger partial charge in [-0.05, 0) is 32.9 Å². The topological polar surface area (TPSA) is 38.7 Å². The van der Waals surface area contributed by atoms with E-state index in [1.54, 1.807) is 14.0 Å². The lowest BCUT2D eigenvalue weighted by atomic mass is 10.1. The van der Waals surface area contributed by atoms with Crippen molar-refractivity contribution in [2.75, 3.05) is 13.7 Å². The molecule has 0 aliphatic rings. The average molecular weight is 224 g/mol. The quantitative estimate of drug-likeness (QED) is 0.835. The van der Waals surface area contributed by atoms with E-state index in [0.717, 1.165) is 16.9 Å². The van der Waals surface area contributed by atoms with Gasteiger partial charge in [0.25, 0.3) is 0 Å². The van der Waals surface area contributed by atoms with Gasteiger partial charge < -0.3 is 14.6 Å². The Morgan fingerprint density at radius 2 is 2.00 bits per heavy atom. The van der Waals surface area contributed by atoms with Crippen molar-refractivity contribution in [1.82, 2.24) is 0 Å². The molecule has 1 rings (SSSR count). The Hall–Kier alpha value is -1.06. The van der Waals surface area contributed by atoms with E-state index in [4.69, 9.17) is 9.47 Å². The highest BCUT2D eigenvalue weighted by atomic mass is 16.5. The molecule has 0 radical (unpaired) electrons. The van der Waals surface area contributed by atoms with Crippen LogP contribution >= 0.6 is 0 Å². The minimum Gasteiger partial charge on any atom is -0.491 e. The van der Waals surface area contributed by atoms with Crippen LogP contribution in [0.4, 0.5) is 0 Å². The summed E-state index contributed by atoms with van der Waals surface area (Å²) in [5.74, 6) is 0.726. The maximum atomic E-state index is 9.64. The summed E-state index contributed by atoms with van der Waals surface area (Å²) < 4.78 is 10.7. The van der Waals surface area contributed by atoms with Crippen LogP contribution < -0.4 is 4.74 Å². The van der Waals surface area contributed by atoms with Crippen LogP contribution in [0.25, 0.3) is 0 Å². The number of aliphatic hydroxyl groups excluding tert-OH is 1. The van der Waals surface area contributed by atoms with Crippen molar-refractivity contribution in [2.24, 2.45) is 0 Å². The highest BCUT2D eigenvalue weighted by molar-refractivity contribution is 5.38. The minimum absolute atomic E-state index is 0.0446. The Morgan fingerprint density at radius 1 is 1.31 bits per heavy atom. The molecule has 0 amide bonds. The van der Waals surface area contributed by atoms with Gasteiger partial charge in [-0.1, -0.05) is 11.6 Å². The SMILES string of the molecule is COC(C)COc1ccc(C)cc1[C@H](C)O. The molecule has 0 saturated carbocycles. The van der Waals surface area contributed by atoms with Crippen molar-refractivity contribution < 1.29 is 14.6 Å². The number of aryl methyl sites for hydroxylation is 1. The van der Waals surface area contributed by atoms with Crippen LogP contribution in [0, 0.1) is 6.92 Å². The van der Waals surface area contributed by atoms with Crippen LogP contribution in [0.5, 0.6) is 5.75 Å². The molecule has 1 unspecified atom stereocenters. The van der Waals surface area contributed by atoms with Crippen LogP contribution in [-0.2, 0) is 4.74 Å². The standard InChI is InChI=1S/C13H20O3/c1-9-5-6-13(12(7-9)11(3)14)16-8-10(2)15-4/h5-7,10-11,14H,8H2,1-4H3/t10?,11-/m0/s1. The fourth-order valence-electron chi connectivity index (χ4n) is 1.40. The van der Waals surface area contributed by atoms with Crippen LogP contribution in [0.1, 0.15) is 31.1 Å². The number of rotatable bonds is 5. The molecule has 0 aliphatic carbocycles. The van der Waals surface area contributed by atoms with Gasteiger partial charge in [0.05, 0.1) is 12.2 Å². The zero-order valence-electron chi connectivity index (χ0n) is 10.4. The van der Waals surface area contributed by atoms with E-state index in [-0.39, 0.29) is 6.10 Å². The van der Waals surface area contributed by atoms with E-state index in [9.17, 15) is 5.11 Å². The highest BCUT2D eigenvalue weighted by Gasteiger charge is 2.10. The molecule has 0 heterocycles. The fourth-order valence-corrected chi connectivity index (χ4v) is 1.40. The Balaban J connectivity index is 2.78. The molecule has 0 aliphatic heterocycles. The predicted molar refractivity (Wildman–Crippen MR) is 63.8 cm³/mol. The number of benzene rings is 1. The van der Waals surface area contributed by atoms with Crippen LogP contribution in [0.15, 0.2) is 18.2 Å². The van der Waals surface area contributed by atoms with Crippen molar-refractivity contribution in [3.05, 3.63) is 29.3 Å². The predicted octanol–water partition coefficient (Wildman–Crippen LogP) is 2.46. The number of methoxy groups -OCH3 is 1. The summed E-state index contributed by atoms with van der Waals surface area (Å²) in [7, 11) is 1.65. The molecule has 0 spiro atoms. The largest absolute Gasteiger partial charge is 0.491 e. The zero-order valence-corrected chi connectivity index (χ0v) is 10.4. The molecular formula is C13H20O3. The molecule has 1 aromatic carbocycles. The van der Waals surface area contributed by atoms with E-state index in [1.165, 1.54) is 0 Å². The highest BCUT2D eigenvalue weighted by Crippen LogP contribution is 2.26. The van der Waals surface area contributed by atoms with Crippen molar-refractivity contribution in [1.29, 1.82) is 0 Å². The summed E-state index contributed by atoms with van der Waals surface area (Å²) in [6, 6.07) is 5.80. The molecule has 0 saturated heterocycles. The van der Waals surface area contributed by atoms with Gasteiger partial charge in [-0.15, -0.1) is 0 Å². The van der Waals surface area contributed by atoms with E-state index >= 15 is 0 Å². The fraction of sp³-hybridized carbons (Fsp3) is 0.538. The third-order valence-electron chi connectivity index (χ3n) is 2.49. The minimum atomic E-state index is -0.521. The Bertz CT molecular complexity index is 334. The van der Waals surface area contributed by atoms with Gasteiger partial charge in [0.1, 0.15) is 12.4 Å². The third kappa shape index (κ3) is 3.51. The Kier molecular flexibility index (Phi) is 4.77. The van der Waals surface area contributed by atoms with E-state index in [2.05, 4.69) is 0 Å². The number of hydrogen-bond acceptors (Lipinski definition) is 3. The average Bonchev–Trinajstić information content (AvgIpc) is 2.26. The summed E-state index contributed by atoms with van der Waals surface area (Å²) in [6.07, 6.45) is -0.476. The lowest BCUT2D eigenvalue weighted by molar-refractivity contribution is 0.0700. The summed E-state index contributed by atoms with van der Waals surface area (Å²) in [5, 5.41) is 9.64. The Morgan fingerprint density at radius 3 is 2.56 bits per heavy atom. The van der Waals surface area contributed by atoms with Gasteiger partial charge in [-0.2, -0.15) is 0 Å². The second-order valence-electron chi connectivity index (χ2n) is 4.07. The molecule has 2 atom stereocenters. The van der Waals surface area contributed by atoms with Crippen molar-refractivity contribution in [3.63, 3.8) is 0 Å². The molecule has 0 bridgehead atoms. The number of aliphatic hydroxyl groups is 1. The van der Waals surface area contributed by atoms with Crippen LogP contribution in [0.2, 0.25) is 0 Å². The normalized spacial score (nSPS) is 14.6. The van der Waals surface area contributed by atoms with Gasteiger partial charge in [0, 0.05) is 12.7 Å². The lowest BCUT2D eigenvalue weighted by Crippen LogP contribution is -2.16. The molecule has 3 heteroatoms. The van der Waals surface area contributed by atoms with Crippen molar-refractivity contribution in [3.8, 4) is 5.75 Å². The first-order valence-corrected chi connectivity index (χ1v) is 5.48. The van der Waals surface area contributed by atoms with Gasteiger partial charge in [0.2, 0.25) is 0 Å². The Labute approximate surface area is 97.0 Å². The molecule has 0 fully saturated rings. The van der Waals surface area contributed by atoms with Gasteiger partial charge >= 0.3 is 0 Å². The van der Waals surface area contributed by atoms with Gasteiger partial charge in [-0.25, -0.2) is 0 Å². The summed E-state index contributed by atoms with van der Waals surface area (Å²) in [4.78, 5) is 0. The monoisotopic (exact) mass is 224 g/mol. The molecule has 16 heavy (non-hydrogen) atoms. The maximum Gasteiger partial charge on any atom is 0.125 e. The maximum absolute atomic E-state index is 9.64. The summed E-state index contributed by atoms with van der Waals surface area (Å²) >= 11 is 0. The first-order valence-electron chi connectivity index (χ1n) is 5.48. The van der Waals surface area contributed by atoms with Crippen molar-refractivity contribution in [2.45, 2.75) is 33.0 Å². The molecular weight excluding hydrogens is 204 g/mol. The van der Waals surface area contributed by atoms with E-state index in [1.807, 2.05) is 32.0 Å². The molecule has 3 nitrogen and oxygen atoms in total. The van der Waals surface area contributed by atoms with Crippen LogP contribution in [-0.4, -0.2) is 24.9 Å². The van der Waals surface area contributed by atoms with Gasteiger partial charge in [0.15, 0.2) is 0 Å². The second-order valence-corrected chi connectivity index (χ2v) is 4.07. The van der Waals surface area contributed by atoms with Crippen LogP contribution in [0.3, 0.4) is 0 Å². The molecule has 1 N–H and O–H groups in total. The summed E-state index contributed by atoms with van der Waals surface area (Å²) in [5.41, 5.74) is 1.94. The smallest absolute Gasteiger partial charge is 0.125 e. The number of ether oxygens (including phenoxy) is 2. The molecule has 0 aromatic heterocycles. The first kappa shape index (κ1) is 13.0. The van der Waals surface area contributed by atoms with Gasteiger partial charge in [-0.3, -0.25) is 0 Å². The second kappa shape index (κ2) is 5.87. The van der Waals surface area contributed by atoms with E-state index in [0.29, 0.717) is 6.61 Å². The number of hydrogen-bond donors (Lipinski definition) is 1. The lowest BCUT2D eigenvalue weighted by Gasteiger charge is -2.16.